The van der Waals surface area contributed by atoms with Crippen LogP contribution in [0.15, 0.2) is 30.3 Å². The number of benzene rings is 1. The van der Waals surface area contributed by atoms with Crippen LogP contribution in [0.3, 0.4) is 0 Å². The highest BCUT2D eigenvalue weighted by Gasteiger charge is 2.33. The van der Waals surface area contributed by atoms with E-state index in [-0.39, 0.29) is 16.9 Å². The number of hydrogen-bond acceptors (Lipinski definition) is 3. The largest absolute Gasteiger partial charge is 0.438 e. The quantitative estimate of drug-likeness (QED) is 0.780. The minimum absolute atomic E-state index is 0.0947. The fraction of sp³-hybridized carbons (Fsp3) is 0.143. The number of nitriles is 1. The molecular weight excluding hydrogens is 288 g/mol. The second-order valence-electron chi connectivity index (χ2n) is 4.17. The summed E-state index contributed by atoms with van der Waals surface area (Å²) < 4.78 is 56.1. The molecule has 0 aliphatic carbocycles. The molecule has 0 saturated carbocycles. The summed E-state index contributed by atoms with van der Waals surface area (Å²) in [6.07, 6.45) is -4.65. The first-order valence-corrected chi connectivity index (χ1v) is 5.73. The van der Waals surface area contributed by atoms with Gasteiger partial charge in [-0.1, -0.05) is 0 Å². The van der Waals surface area contributed by atoms with Gasteiger partial charge in [-0.15, -0.1) is 0 Å². The molecule has 0 N–H and O–H groups in total. The zero-order valence-electron chi connectivity index (χ0n) is 10.7. The third-order valence-corrected chi connectivity index (χ3v) is 2.62. The zero-order chi connectivity index (χ0) is 15.6. The number of pyridine rings is 1. The van der Waals surface area contributed by atoms with Crippen LogP contribution in [0.4, 0.5) is 17.6 Å². The summed E-state index contributed by atoms with van der Waals surface area (Å²) in [7, 11) is 0. The maximum Gasteiger partial charge on any atom is 0.433 e. The van der Waals surface area contributed by atoms with Crippen LogP contribution in [0.1, 0.15) is 16.8 Å². The van der Waals surface area contributed by atoms with Crippen molar-refractivity contribution in [3.63, 3.8) is 0 Å². The minimum Gasteiger partial charge on any atom is -0.438 e. The van der Waals surface area contributed by atoms with E-state index in [4.69, 9.17) is 10.00 Å². The molecule has 1 aromatic carbocycles. The molecule has 3 nitrogen and oxygen atoms in total. The first-order chi connectivity index (χ1) is 9.81. The Labute approximate surface area is 117 Å². The summed E-state index contributed by atoms with van der Waals surface area (Å²) in [6, 6.07) is 7.02. The second kappa shape index (κ2) is 5.40. The lowest BCUT2D eigenvalue weighted by atomic mass is 10.2. The van der Waals surface area contributed by atoms with Crippen LogP contribution < -0.4 is 4.74 Å². The molecule has 0 aliphatic heterocycles. The Bertz CT molecular complexity index is 720. The first kappa shape index (κ1) is 14.8. The normalized spacial score (nSPS) is 11.0. The van der Waals surface area contributed by atoms with Crippen LogP contribution in [0.5, 0.6) is 11.6 Å². The van der Waals surface area contributed by atoms with Gasteiger partial charge in [-0.3, -0.25) is 0 Å². The number of alkyl halides is 3. The molecular formula is C14H8F4N2O. The van der Waals surface area contributed by atoms with Gasteiger partial charge in [-0.25, -0.2) is 9.37 Å². The monoisotopic (exact) mass is 296 g/mol. The van der Waals surface area contributed by atoms with Gasteiger partial charge >= 0.3 is 6.18 Å². The number of rotatable bonds is 2. The average molecular weight is 296 g/mol. The van der Waals surface area contributed by atoms with Gasteiger partial charge in [0.15, 0.2) is 0 Å². The number of aromatic nitrogens is 1. The fourth-order valence-electron chi connectivity index (χ4n) is 1.55. The average Bonchev–Trinajstić information content (AvgIpc) is 2.42. The number of nitrogens with zero attached hydrogens (tertiary/aromatic N) is 2. The Hall–Kier alpha value is -2.62. The molecule has 0 saturated heterocycles. The molecule has 0 amide bonds. The van der Waals surface area contributed by atoms with Crippen molar-refractivity contribution >= 4 is 0 Å². The predicted octanol–water partition coefficient (Wildman–Crippen LogP) is 4.21. The molecule has 21 heavy (non-hydrogen) atoms. The van der Waals surface area contributed by atoms with Gasteiger partial charge in [0.25, 0.3) is 0 Å². The van der Waals surface area contributed by atoms with E-state index in [2.05, 4.69) is 4.98 Å². The van der Waals surface area contributed by atoms with E-state index in [1.54, 1.807) is 6.07 Å². The molecule has 0 atom stereocenters. The Morgan fingerprint density at radius 3 is 2.48 bits per heavy atom. The number of ether oxygens (including phenoxy) is 1. The molecule has 1 aromatic heterocycles. The Morgan fingerprint density at radius 2 is 1.90 bits per heavy atom. The molecule has 0 bridgehead atoms. The van der Waals surface area contributed by atoms with Crippen LogP contribution >= 0.6 is 0 Å². The van der Waals surface area contributed by atoms with Crippen LogP contribution in [-0.2, 0) is 6.18 Å². The van der Waals surface area contributed by atoms with Gasteiger partial charge in [-0.2, -0.15) is 18.4 Å². The SMILES string of the molecule is Cc1cc(Oc2nc(C(F)(F)F)ccc2C#N)ccc1F. The van der Waals surface area contributed by atoms with Crippen molar-refractivity contribution in [2.75, 3.05) is 0 Å². The van der Waals surface area contributed by atoms with Crippen molar-refractivity contribution in [1.82, 2.24) is 4.98 Å². The Morgan fingerprint density at radius 1 is 1.19 bits per heavy atom. The highest BCUT2D eigenvalue weighted by Crippen LogP contribution is 2.31. The molecule has 0 fully saturated rings. The maximum absolute atomic E-state index is 13.1. The van der Waals surface area contributed by atoms with Crippen molar-refractivity contribution in [3.05, 3.63) is 53.0 Å². The standard InChI is InChI=1S/C14H8F4N2O/c1-8-6-10(3-4-11(8)15)21-13-9(7-19)2-5-12(20-13)14(16,17)18/h2-6H,1H3. The lowest BCUT2D eigenvalue weighted by Gasteiger charge is -2.10. The van der Waals surface area contributed by atoms with Crippen LogP contribution in [0.25, 0.3) is 0 Å². The van der Waals surface area contributed by atoms with E-state index in [1.165, 1.54) is 19.1 Å². The van der Waals surface area contributed by atoms with Crippen molar-refractivity contribution in [3.8, 4) is 17.7 Å². The van der Waals surface area contributed by atoms with Crippen LogP contribution in [0.2, 0.25) is 0 Å². The predicted molar refractivity (Wildman–Crippen MR) is 65.2 cm³/mol. The molecule has 1 heterocycles. The molecule has 0 unspecified atom stereocenters. The Kier molecular flexibility index (Phi) is 3.80. The summed E-state index contributed by atoms with van der Waals surface area (Å²) in [5.74, 6) is -0.851. The second-order valence-corrected chi connectivity index (χ2v) is 4.17. The van der Waals surface area contributed by atoms with Crippen molar-refractivity contribution < 1.29 is 22.3 Å². The van der Waals surface area contributed by atoms with E-state index in [9.17, 15) is 17.6 Å². The minimum atomic E-state index is -4.65. The van der Waals surface area contributed by atoms with Crippen LogP contribution in [-0.4, -0.2) is 4.98 Å². The summed E-state index contributed by atoms with van der Waals surface area (Å²) in [5.41, 5.74) is -1.06. The third kappa shape index (κ3) is 3.28. The summed E-state index contributed by atoms with van der Waals surface area (Å²) >= 11 is 0. The van der Waals surface area contributed by atoms with Gasteiger partial charge in [0.2, 0.25) is 5.88 Å². The summed E-state index contributed by atoms with van der Waals surface area (Å²) in [5, 5.41) is 8.88. The van der Waals surface area contributed by atoms with Gasteiger partial charge in [0.05, 0.1) is 0 Å². The van der Waals surface area contributed by atoms with Gasteiger partial charge < -0.3 is 4.74 Å². The highest BCUT2D eigenvalue weighted by atomic mass is 19.4. The highest BCUT2D eigenvalue weighted by molar-refractivity contribution is 5.42. The fourth-order valence-corrected chi connectivity index (χ4v) is 1.55. The molecule has 108 valence electrons. The third-order valence-electron chi connectivity index (χ3n) is 2.62. The molecule has 7 heteroatoms. The van der Waals surface area contributed by atoms with E-state index >= 15 is 0 Å². The van der Waals surface area contributed by atoms with Crippen molar-refractivity contribution in [2.45, 2.75) is 13.1 Å². The van der Waals surface area contributed by atoms with Gasteiger partial charge in [0.1, 0.15) is 28.9 Å². The maximum atomic E-state index is 13.1. The van der Waals surface area contributed by atoms with E-state index in [1.807, 2.05) is 0 Å². The molecule has 2 rings (SSSR count). The molecule has 0 spiro atoms. The van der Waals surface area contributed by atoms with Crippen LogP contribution in [0, 0.1) is 24.1 Å². The van der Waals surface area contributed by atoms with E-state index in [0.717, 1.165) is 12.1 Å². The lowest BCUT2D eigenvalue weighted by Crippen LogP contribution is -2.09. The Balaban J connectivity index is 2.42. The van der Waals surface area contributed by atoms with E-state index in [0.29, 0.717) is 6.07 Å². The molecule has 0 aliphatic rings. The molecule has 0 radical (unpaired) electrons. The van der Waals surface area contributed by atoms with Gasteiger partial charge in [-0.05, 0) is 42.8 Å². The van der Waals surface area contributed by atoms with Crippen molar-refractivity contribution in [1.29, 1.82) is 5.26 Å². The number of aryl methyl sites for hydroxylation is 1. The van der Waals surface area contributed by atoms with Gasteiger partial charge in [0, 0.05) is 0 Å². The number of hydrogen-bond donors (Lipinski definition) is 0. The molecule has 2 aromatic rings. The zero-order valence-corrected chi connectivity index (χ0v) is 10.7. The van der Waals surface area contributed by atoms with E-state index < -0.39 is 23.6 Å². The summed E-state index contributed by atoms with van der Waals surface area (Å²) in [4.78, 5) is 3.30. The lowest BCUT2D eigenvalue weighted by molar-refractivity contribution is -0.141. The smallest absolute Gasteiger partial charge is 0.433 e. The topological polar surface area (TPSA) is 45.9 Å². The summed E-state index contributed by atoms with van der Waals surface area (Å²) in [6.45, 7) is 1.48. The van der Waals surface area contributed by atoms with Crippen molar-refractivity contribution in [2.24, 2.45) is 0 Å². The first-order valence-electron chi connectivity index (χ1n) is 5.73. The number of halogens is 4.